The lowest BCUT2D eigenvalue weighted by Gasteiger charge is -2.19. The molecular weight excluding hydrogens is 566 g/mol. The van der Waals surface area contributed by atoms with Crippen molar-refractivity contribution in [2.24, 2.45) is 0 Å². The molecule has 0 radical (unpaired) electrons. The van der Waals surface area contributed by atoms with Gasteiger partial charge in [-0.25, -0.2) is 13.2 Å². The Bertz CT molecular complexity index is 1710. The number of esters is 1. The minimum atomic E-state index is -3.86. The van der Waals surface area contributed by atoms with E-state index in [4.69, 9.17) is 20.8 Å². The van der Waals surface area contributed by atoms with Crippen LogP contribution in [-0.4, -0.2) is 44.3 Å². The van der Waals surface area contributed by atoms with E-state index < -0.39 is 28.5 Å². The predicted octanol–water partition coefficient (Wildman–Crippen LogP) is 5.96. The lowest BCUT2D eigenvalue weighted by atomic mass is 9.98. The second kappa shape index (κ2) is 12.8. The molecule has 11 heteroatoms. The number of carbonyl (C=O) groups is 2. The van der Waals surface area contributed by atoms with Crippen LogP contribution in [0.5, 0.6) is 0 Å². The number of anilines is 1. The molecule has 0 spiro atoms. The van der Waals surface area contributed by atoms with E-state index in [1.165, 1.54) is 16.4 Å². The van der Waals surface area contributed by atoms with E-state index in [9.17, 15) is 23.3 Å². The highest BCUT2D eigenvalue weighted by Crippen LogP contribution is 2.41. The van der Waals surface area contributed by atoms with Crippen molar-refractivity contribution in [3.63, 3.8) is 0 Å². The van der Waals surface area contributed by atoms with Gasteiger partial charge in [-0.2, -0.15) is 9.57 Å². The average molecular weight is 592 g/mol. The van der Waals surface area contributed by atoms with Crippen molar-refractivity contribution in [2.75, 3.05) is 25.0 Å². The zero-order valence-corrected chi connectivity index (χ0v) is 23.8. The van der Waals surface area contributed by atoms with Crippen molar-refractivity contribution in [3.05, 3.63) is 95.0 Å². The number of amides is 1. The first kappa shape index (κ1) is 29.6. The van der Waals surface area contributed by atoms with Gasteiger partial charge in [0.2, 0.25) is 15.9 Å². The molecule has 0 bridgehead atoms. The number of halogens is 1. The van der Waals surface area contributed by atoms with Crippen LogP contribution >= 0.6 is 11.6 Å². The maximum atomic E-state index is 12.9. The molecular formula is C30H26ClN3O6S. The molecule has 3 aromatic carbocycles. The molecule has 210 valence electrons. The highest BCUT2D eigenvalue weighted by molar-refractivity contribution is 7.89. The third-order valence-electron chi connectivity index (χ3n) is 6.21. The Kier molecular flexibility index (Phi) is 9.24. The quantitative estimate of drug-likeness (QED) is 0.225. The maximum Gasteiger partial charge on any atom is 0.340 e. The minimum absolute atomic E-state index is 0.0355. The zero-order chi connectivity index (χ0) is 29.6. The van der Waals surface area contributed by atoms with Crippen molar-refractivity contribution < 1.29 is 27.2 Å². The summed E-state index contributed by atoms with van der Waals surface area (Å²) in [4.78, 5) is 25.5. The molecule has 0 fully saturated rings. The number of nitriles is 1. The van der Waals surface area contributed by atoms with Crippen LogP contribution in [-0.2, 0) is 19.6 Å². The molecule has 1 aromatic heterocycles. The van der Waals surface area contributed by atoms with Crippen molar-refractivity contribution in [1.82, 2.24) is 4.31 Å². The van der Waals surface area contributed by atoms with Crippen LogP contribution in [0.4, 0.5) is 5.88 Å². The number of rotatable bonds is 10. The molecule has 1 N–H and O–H groups in total. The Morgan fingerprint density at radius 1 is 0.976 bits per heavy atom. The predicted molar refractivity (Wildman–Crippen MR) is 155 cm³/mol. The van der Waals surface area contributed by atoms with Crippen LogP contribution < -0.4 is 5.32 Å². The average Bonchev–Trinajstić information content (AvgIpc) is 3.35. The highest BCUT2D eigenvalue weighted by atomic mass is 35.5. The van der Waals surface area contributed by atoms with Crippen LogP contribution in [0.1, 0.15) is 29.8 Å². The fraction of sp³-hybridized carbons (Fsp3) is 0.167. The van der Waals surface area contributed by atoms with Crippen LogP contribution in [0.3, 0.4) is 0 Å². The molecule has 1 heterocycles. The summed E-state index contributed by atoms with van der Waals surface area (Å²) in [6, 6.07) is 24.1. The molecule has 0 aliphatic heterocycles. The first-order valence-corrected chi connectivity index (χ1v) is 14.5. The Hall–Kier alpha value is -4.43. The van der Waals surface area contributed by atoms with Gasteiger partial charge in [0, 0.05) is 24.2 Å². The zero-order valence-electron chi connectivity index (χ0n) is 22.3. The summed E-state index contributed by atoms with van der Waals surface area (Å²) in [6.45, 7) is 3.16. The van der Waals surface area contributed by atoms with Crippen LogP contribution in [0, 0.1) is 11.3 Å². The topological polar surface area (TPSA) is 130 Å². The van der Waals surface area contributed by atoms with Crippen LogP contribution in [0.2, 0.25) is 5.02 Å². The molecule has 4 rings (SSSR count). The first-order chi connectivity index (χ1) is 19.7. The summed E-state index contributed by atoms with van der Waals surface area (Å²) in [7, 11) is -3.86. The number of ether oxygens (including phenoxy) is 1. The molecule has 0 saturated carbocycles. The van der Waals surface area contributed by atoms with Crippen LogP contribution in [0.25, 0.3) is 22.5 Å². The van der Waals surface area contributed by atoms with E-state index in [1.807, 2.05) is 60.7 Å². The SMILES string of the molecule is CCN(CC)S(=O)(=O)c1ccc(Cl)c(C(=O)OCC(=O)Nc2oc(-c3ccccc3)c(-c3ccccc3)c2C#N)c1. The monoisotopic (exact) mass is 591 g/mol. The maximum absolute atomic E-state index is 12.9. The third kappa shape index (κ3) is 6.33. The number of nitrogens with zero attached hydrogens (tertiary/aromatic N) is 2. The minimum Gasteiger partial charge on any atom is -0.452 e. The van der Waals surface area contributed by atoms with Gasteiger partial charge in [-0.3, -0.25) is 10.1 Å². The number of sulfonamides is 1. The number of hydrogen-bond acceptors (Lipinski definition) is 7. The largest absolute Gasteiger partial charge is 0.452 e. The van der Waals surface area contributed by atoms with Gasteiger partial charge in [0.25, 0.3) is 5.91 Å². The highest BCUT2D eigenvalue weighted by Gasteiger charge is 2.26. The Morgan fingerprint density at radius 2 is 1.59 bits per heavy atom. The molecule has 0 aliphatic carbocycles. The molecule has 0 atom stereocenters. The van der Waals surface area contributed by atoms with Gasteiger partial charge in [-0.15, -0.1) is 0 Å². The third-order valence-corrected chi connectivity index (χ3v) is 8.58. The fourth-order valence-corrected chi connectivity index (χ4v) is 5.88. The van der Waals surface area contributed by atoms with Crippen LogP contribution in [0.15, 0.2) is 88.2 Å². The summed E-state index contributed by atoms with van der Waals surface area (Å²) in [5.41, 5.74) is 1.81. The summed E-state index contributed by atoms with van der Waals surface area (Å²) in [6.07, 6.45) is 0. The van der Waals surface area contributed by atoms with Gasteiger partial charge in [0.05, 0.1) is 15.5 Å². The molecule has 4 aromatic rings. The molecule has 41 heavy (non-hydrogen) atoms. The van der Waals surface area contributed by atoms with E-state index >= 15 is 0 Å². The number of hydrogen-bond donors (Lipinski definition) is 1. The van der Waals surface area contributed by atoms with Gasteiger partial charge in [0.1, 0.15) is 17.4 Å². The van der Waals surface area contributed by atoms with Crippen molar-refractivity contribution >= 4 is 39.4 Å². The number of benzene rings is 3. The molecule has 1 amide bonds. The van der Waals surface area contributed by atoms with Gasteiger partial charge >= 0.3 is 5.97 Å². The van der Waals surface area contributed by atoms with Crippen molar-refractivity contribution in [1.29, 1.82) is 5.26 Å². The lowest BCUT2D eigenvalue weighted by Crippen LogP contribution is -2.30. The van der Waals surface area contributed by atoms with Crippen molar-refractivity contribution in [3.8, 4) is 28.5 Å². The van der Waals surface area contributed by atoms with Gasteiger partial charge < -0.3 is 9.15 Å². The Balaban J connectivity index is 1.56. The fourth-order valence-electron chi connectivity index (χ4n) is 4.20. The molecule has 0 aliphatic rings. The van der Waals surface area contributed by atoms with E-state index in [1.54, 1.807) is 13.8 Å². The lowest BCUT2D eigenvalue weighted by molar-refractivity contribution is -0.119. The van der Waals surface area contributed by atoms with E-state index in [0.717, 1.165) is 6.07 Å². The summed E-state index contributed by atoms with van der Waals surface area (Å²) in [5, 5.41) is 12.5. The first-order valence-electron chi connectivity index (χ1n) is 12.7. The van der Waals surface area contributed by atoms with E-state index in [-0.39, 0.29) is 40.0 Å². The second-order valence-electron chi connectivity index (χ2n) is 8.71. The second-order valence-corrected chi connectivity index (χ2v) is 11.1. The Morgan fingerprint density at radius 3 is 2.17 bits per heavy atom. The smallest absolute Gasteiger partial charge is 0.340 e. The molecule has 0 unspecified atom stereocenters. The molecule has 9 nitrogen and oxygen atoms in total. The Labute approximate surface area is 243 Å². The van der Waals surface area contributed by atoms with Gasteiger partial charge in [-0.1, -0.05) is 86.1 Å². The molecule has 0 saturated heterocycles. The van der Waals surface area contributed by atoms with Gasteiger partial charge in [0.15, 0.2) is 6.61 Å². The van der Waals surface area contributed by atoms with Crippen molar-refractivity contribution in [2.45, 2.75) is 18.7 Å². The summed E-state index contributed by atoms with van der Waals surface area (Å²) in [5.74, 6) is -1.47. The van der Waals surface area contributed by atoms with E-state index in [0.29, 0.717) is 22.5 Å². The number of carbonyl (C=O) groups excluding carboxylic acids is 2. The number of furan rings is 1. The normalized spacial score (nSPS) is 11.2. The standard InChI is InChI=1S/C30H26ClN3O6S/c1-3-34(4-2)41(37,38)22-15-16-25(31)23(17-22)30(36)39-19-26(35)33-29-24(18-32)27(20-11-7-5-8-12-20)28(40-29)21-13-9-6-10-14-21/h5-17H,3-4,19H2,1-2H3,(H,33,35). The summed E-state index contributed by atoms with van der Waals surface area (Å²) < 4.78 is 38.1. The van der Waals surface area contributed by atoms with Gasteiger partial charge in [-0.05, 0) is 23.8 Å². The number of nitrogens with one attached hydrogen (secondary N) is 1. The summed E-state index contributed by atoms with van der Waals surface area (Å²) >= 11 is 6.15. The van der Waals surface area contributed by atoms with E-state index in [2.05, 4.69) is 11.4 Å².